The van der Waals surface area contributed by atoms with E-state index in [1.165, 1.54) is 110 Å². The van der Waals surface area contributed by atoms with Gasteiger partial charge in [-0.3, -0.25) is 0 Å². The third-order valence-corrected chi connectivity index (χ3v) is 19.2. The summed E-state index contributed by atoms with van der Waals surface area (Å²) in [6.45, 7) is 35.4. The number of esters is 12. The molecule has 27 heteroatoms. The number of hydrogen-bond acceptors (Lipinski definition) is 25. The Morgan fingerprint density at radius 2 is 0.490 bits per heavy atom. The molecule has 12 aromatic carbocycles. The van der Waals surface area contributed by atoms with Crippen LogP contribution >= 0.6 is 0 Å². The van der Waals surface area contributed by atoms with Gasteiger partial charge in [0, 0.05) is 81.5 Å². The zero-order chi connectivity index (χ0) is 104. The van der Waals surface area contributed by atoms with Gasteiger partial charge >= 0.3 is 71.6 Å². The monoisotopic (exact) mass is 1920 g/mol. The Balaban J connectivity index is 0.000000213. The van der Waals surface area contributed by atoms with Crippen LogP contribution in [0.2, 0.25) is 0 Å². The minimum absolute atomic E-state index is 0.0296. The van der Waals surface area contributed by atoms with Crippen molar-refractivity contribution in [3.63, 3.8) is 0 Å². The van der Waals surface area contributed by atoms with E-state index in [2.05, 4.69) is 57.4 Å². The molecule has 0 amide bonds. The molecule has 0 aliphatic rings. The molecule has 0 saturated heterocycles. The molecule has 0 heterocycles. The van der Waals surface area contributed by atoms with Gasteiger partial charge in [-0.05, 0) is 247 Å². The summed E-state index contributed by atoms with van der Waals surface area (Å²) in [5, 5.41) is 9.61. The van der Waals surface area contributed by atoms with Crippen LogP contribution in [0.1, 0.15) is 73.6 Å². The number of aliphatic hydroxyl groups excluding tert-OH is 1. The molecular formula is C116H94F2O25. The second-order valence-corrected chi connectivity index (χ2v) is 30.6. The van der Waals surface area contributed by atoms with Gasteiger partial charge in [0.1, 0.15) is 65.0 Å². The number of rotatable bonds is 35. The molecule has 143 heavy (non-hydrogen) atoms. The summed E-state index contributed by atoms with van der Waals surface area (Å²) in [4.78, 5) is 140. The lowest BCUT2D eigenvalue weighted by molar-refractivity contribution is -0.141. The molecule has 0 atom stereocenters. The summed E-state index contributed by atoms with van der Waals surface area (Å²) < 4.78 is 90.1. The van der Waals surface area contributed by atoms with Crippen molar-refractivity contribution in [1.82, 2.24) is 0 Å². The quantitative estimate of drug-likeness (QED) is 0.0219. The number of carbonyl (C=O) groups is 12. The second-order valence-electron chi connectivity index (χ2n) is 30.6. The fraction of sp³-hybridized carbons (Fsp3) is 0.0690. The zero-order valence-electron chi connectivity index (χ0n) is 78.1. The van der Waals surface area contributed by atoms with Crippen molar-refractivity contribution in [2.45, 2.75) is 54.4 Å². The summed E-state index contributed by atoms with van der Waals surface area (Å²) in [5.74, 6) is -7.04. The van der Waals surface area contributed by atoms with E-state index in [0.29, 0.717) is 67.7 Å². The first-order valence-corrected chi connectivity index (χ1v) is 43.1. The molecule has 0 radical (unpaired) electrons. The minimum atomic E-state index is -1.30. The molecule has 25 nitrogen and oxygen atoms in total. The average molecular weight is 1930 g/mol. The van der Waals surface area contributed by atoms with Crippen LogP contribution < -0.4 is 47.4 Å². The predicted octanol–water partition coefficient (Wildman–Crippen LogP) is 22.6. The highest BCUT2D eigenvalue weighted by Crippen LogP contribution is 2.34. The van der Waals surface area contributed by atoms with Gasteiger partial charge in [0.05, 0.1) is 6.61 Å². The van der Waals surface area contributed by atoms with Crippen LogP contribution in [0.25, 0.3) is 68.8 Å². The van der Waals surface area contributed by atoms with Gasteiger partial charge < -0.3 is 61.9 Å². The van der Waals surface area contributed by atoms with Crippen LogP contribution in [-0.2, 0) is 86.8 Å². The molecule has 0 aliphatic heterocycles. The normalized spacial score (nSPS) is 10.5. The lowest BCUT2D eigenvalue weighted by Gasteiger charge is -2.10. The molecule has 0 unspecified atom stereocenters. The minimum Gasteiger partial charge on any atom is -0.457 e. The lowest BCUT2D eigenvalue weighted by atomic mass is 10.0. The van der Waals surface area contributed by atoms with E-state index in [4.69, 9.17) is 52.1 Å². The summed E-state index contributed by atoms with van der Waals surface area (Å²) in [6, 6.07) is 76.5. The fourth-order valence-electron chi connectivity index (χ4n) is 11.7. The zero-order valence-corrected chi connectivity index (χ0v) is 78.1. The van der Waals surface area contributed by atoms with E-state index in [9.17, 15) is 71.4 Å². The molecular weight excluding hydrogens is 1830 g/mol. The molecule has 0 fully saturated rings. The van der Waals surface area contributed by atoms with Crippen molar-refractivity contribution in [2.24, 2.45) is 0 Å². The van der Waals surface area contributed by atoms with Gasteiger partial charge in [-0.1, -0.05) is 210 Å². The molecule has 722 valence electrons. The molecule has 0 bridgehead atoms. The van der Waals surface area contributed by atoms with Crippen molar-refractivity contribution in [3.05, 3.63) is 447 Å². The topological polar surface area (TPSA) is 336 Å². The molecule has 0 aromatic heterocycles. The number of hydrogen-bond donors (Lipinski definition) is 1. The van der Waals surface area contributed by atoms with Crippen LogP contribution in [0.15, 0.2) is 396 Å². The molecule has 0 spiro atoms. The first kappa shape index (κ1) is 108. The number of benzene rings is 12. The number of aliphatic hydroxyl groups is 1. The predicted molar refractivity (Wildman–Crippen MR) is 536 cm³/mol. The Hall–Kier alpha value is -19.0. The van der Waals surface area contributed by atoms with Crippen LogP contribution in [0, 0.1) is 11.6 Å². The van der Waals surface area contributed by atoms with Crippen molar-refractivity contribution in [2.75, 3.05) is 0 Å². The maximum absolute atomic E-state index is 14.5. The molecule has 0 saturated carbocycles. The van der Waals surface area contributed by atoms with Crippen LogP contribution in [0.5, 0.6) is 57.5 Å². The van der Waals surface area contributed by atoms with E-state index in [1.54, 1.807) is 119 Å². The molecule has 0 aliphatic carbocycles. The van der Waals surface area contributed by atoms with Gasteiger partial charge in [0.25, 0.3) is 0 Å². The van der Waals surface area contributed by atoms with E-state index in [1.807, 2.05) is 121 Å². The molecule has 12 rings (SSSR count). The standard InChI is InChI=1S/C31H28O6.C30H26O7.C28H22O6.C27H18F2O6/c1-21(2)30(33)35-19-24-7-14-27(15-8-24)26-12-5-23(6-13-26)11-18-29(32)37-28-16-9-25(10-17-28)20-36-31(34)22(3)4;1-19(2)29(33)35-25-12-10-23(11-13-25)22-8-5-21(6-9-22)7-16-28(32)37-27-15-14-26(17-24(27)18-31)36-30(34)20(3)4;1-4-26(29)32-23-14-16-24(17-15-23)33-27(30)18-7-20-5-8-21(9-6-20)22-10-12-25(13-11-22)34-28(31)19(2)3;1-3-23(30)33-19-10-12-20(13-11-19)34-25(32)16-7-17-5-8-18(9-6-17)21-14-15-22(27(29)26(21)28)35-24(31)4-2/h5-18H,1,3,19-20H2,2,4H3;5-17,31H,1,3,18H2,2,4H3;4-18H,1-2H2,3H3;3-16H,1-2H2/b18-11+;16-7+;18-7+;16-7+. The van der Waals surface area contributed by atoms with Crippen molar-refractivity contribution >= 4 is 95.9 Å². The number of ether oxygens (including phenoxy) is 12. The van der Waals surface area contributed by atoms with E-state index >= 15 is 0 Å². The summed E-state index contributed by atoms with van der Waals surface area (Å²) in [5.41, 5.74) is 12.8. The van der Waals surface area contributed by atoms with Gasteiger partial charge in [0.15, 0.2) is 11.6 Å². The molecule has 12 aromatic rings. The highest BCUT2D eigenvalue weighted by atomic mass is 19.2. The average Bonchev–Trinajstić information content (AvgIpc) is 0.828. The van der Waals surface area contributed by atoms with Crippen molar-refractivity contribution < 1.29 is 128 Å². The van der Waals surface area contributed by atoms with Crippen molar-refractivity contribution in [1.29, 1.82) is 0 Å². The smallest absolute Gasteiger partial charge is 0.338 e. The summed E-state index contributed by atoms with van der Waals surface area (Å²) in [7, 11) is 0. The maximum atomic E-state index is 14.5. The third kappa shape index (κ3) is 35.6. The second kappa shape index (κ2) is 54.1. The van der Waals surface area contributed by atoms with Crippen LogP contribution in [0.3, 0.4) is 0 Å². The first-order valence-electron chi connectivity index (χ1n) is 43.1. The number of halogens is 2. The third-order valence-electron chi connectivity index (χ3n) is 19.2. The summed E-state index contributed by atoms with van der Waals surface area (Å²) >= 11 is 0. The Labute approximate surface area is 822 Å². The SMILES string of the molecule is C=C(C)C(=O)OCc1ccc(OC(=O)/C=C/c2ccc(-c3ccc(COC(=O)C(=C)C)cc3)cc2)cc1.C=C(C)C(=O)Oc1ccc(-c2ccc(/C=C/C(=O)Oc3ccc(OC(=O)C(=C)C)cc3CO)cc2)cc1.C=CC(=O)Oc1ccc(OC(=O)/C=C/c2ccc(-c3ccc(OC(=O)C(=C)C)cc3)cc2)cc1.C=CC(=O)Oc1ccc(OC(=O)/C=C/c2ccc(-c3ccc(OC(=O)C=C)c(F)c3F)cc2)cc1. The van der Waals surface area contributed by atoms with Crippen molar-refractivity contribution in [3.8, 4) is 102 Å². The van der Waals surface area contributed by atoms with E-state index < -0.39 is 95.6 Å². The van der Waals surface area contributed by atoms with E-state index in [0.717, 1.165) is 85.5 Å². The molecule has 1 N–H and O–H groups in total. The Bertz CT molecular complexity index is 6890. The van der Waals surface area contributed by atoms with Crippen LogP contribution in [0.4, 0.5) is 8.78 Å². The Morgan fingerprint density at radius 1 is 0.259 bits per heavy atom. The Kier molecular flexibility index (Phi) is 40.7. The number of carbonyl (C=O) groups excluding carboxylic acids is 12. The lowest BCUT2D eigenvalue weighted by Crippen LogP contribution is -2.09. The highest BCUT2D eigenvalue weighted by molar-refractivity contribution is 5.94. The largest absolute Gasteiger partial charge is 0.457 e. The van der Waals surface area contributed by atoms with Gasteiger partial charge in [-0.25, -0.2) is 61.9 Å². The van der Waals surface area contributed by atoms with Gasteiger partial charge in [-0.2, -0.15) is 4.39 Å². The fourth-order valence-corrected chi connectivity index (χ4v) is 11.7. The van der Waals surface area contributed by atoms with Crippen LogP contribution in [-0.4, -0.2) is 76.7 Å². The first-order chi connectivity index (χ1) is 68.5. The Morgan fingerprint density at radius 3 is 0.797 bits per heavy atom. The highest BCUT2D eigenvalue weighted by Gasteiger charge is 2.20. The van der Waals surface area contributed by atoms with Gasteiger partial charge in [0.2, 0.25) is 5.82 Å². The maximum Gasteiger partial charge on any atom is 0.338 e. The van der Waals surface area contributed by atoms with E-state index in [-0.39, 0.29) is 47.3 Å². The summed E-state index contributed by atoms with van der Waals surface area (Å²) in [6.07, 6.45) is 14.5. The van der Waals surface area contributed by atoms with Gasteiger partial charge in [-0.15, -0.1) is 0 Å².